The summed E-state index contributed by atoms with van der Waals surface area (Å²) in [6.07, 6.45) is 4.56. The minimum Gasteiger partial charge on any atom is -0.298 e. The van der Waals surface area contributed by atoms with Gasteiger partial charge in [0.05, 0.1) is 10.6 Å². The van der Waals surface area contributed by atoms with Gasteiger partial charge in [-0.25, -0.2) is 4.98 Å². The number of thioether (sulfide) groups is 1. The van der Waals surface area contributed by atoms with E-state index >= 15 is 0 Å². The summed E-state index contributed by atoms with van der Waals surface area (Å²) >= 11 is 9.18. The summed E-state index contributed by atoms with van der Waals surface area (Å²) in [5.74, 6) is -0.239. The number of nitrogens with one attached hydrogen (secondary N) is 1. The van der Waals surface area contributed by atoms with Crippen molar-refractivity contribution in [1.82, 2.24) is 4.98 Å². The molecule has 0 radical (unpaired) electrons. The number of aromatic nitrogens is 1. The summed E-state index contributed by atoms with van der Waals surface area (Å²) in [5.41, 5.74) is 1.68. The van der Waals surface area contributed by atoms with Crippen molar-refractivity contribution in [3.8, 4) is 0 Å². The van der Waals surface area contributed by atoms with Gasteiger partial charge in [-0.2, -0.15) is 0 Å². The Balaban J connectivity index is 1.71. The van der Waals surface area contributed by atoms with E-state index in [9.17, 15) is 4.79 Å². The van der Waals surface area contributed by atoms with E-state index in [4.69, 9.17) is 11.6 Å². The molecule has 1 aromatic heterocycles. The smallest absolute Gasteiger partial charge is 0.258 e. The Hall–Kier alpha value is -1.82. The lowest BCUT2D eigenvalue weighted by atomic mass is 10.1. The number of carbonyl (C=O) groups excluding carboxylic acids is 1. The minimum atomic E-state index is -0.239. The van der Waals surface area contributed by atoms with E-state index in [1.54, 1.807) is 30.1 Å². The average molecular weight is 375 g/mol. The molecule has 0 aliphatic rings. The van der Waals surface area contributed by atoms with Crippen LogP contribution in [0.4, 0.5) is 5.13 Å². The predicted octanol–water partition coefficient (Wildman–Crippen LogP) is 5.36. The molecule has 0 fully saturated rings. The Morgan fingerprint density at radius 3 is 2.79 bits per heavy atom. The minimum absolute atomic E-state index is 0.239. The highest BCUT2D eigenvalue weighted by Gasteiger charge is 2.13. The molecule has 0 aliphatic carbocycles. The van der Waals surface area contributed by atoms with Gasteiger partial charge in [0.15, 0.2) is 5.13 Å². The van der Waals surface area contributed by atoms with Crippen LogP contribution < -0.4 is 5.32 Å². The molecule has 0 saturated carbocycles. The highest BCUT2D eigenvalue weighted by Crippen LogP contribution is 2.26. The zero-order valence-corrected chi connectivity index (χ0v) is 15.3. The van der Waals surface area contributed by atoms with Gasteiger partial charge in [0.2, 0.25) is 0 Å². The number of thiazole rings is 1. The molecule has 1 N–H and O–H groups in total. The molecule has 0 bridgehead atoms. The molecule has 1 amide bonds. The van der Waals surface area contributed by atoms with Crippen molar-refractivity contribution in [3.05, 3.63) is 75.8 Å². The van der Waals surface area contributed by atoms with E-state index in [-0.39, 0.29) is 5.91 Å². The van der Waals surface area contributed by atoms with E-state index in [2.05, 4.69) is 22.4 Å². The number of hydrogen-bond acceptors (Lipinski definition) is 4. The summed E-state index contributed by atoms with van der Waals surface area (Å²) in [4.78, 5) is 18.8. The lowest BCUT2D eigenvalue weighted by Gasteiger charge is -2.06. The van der Waals surface area contributed by atoms with Gasteiger partial charge in [0.1, 0.15) is 0 Å². The first kappa shape index (κ1) is 17.0. The number of anilines is 1. The van der Waals surface area contributed by atoms with Crippen LogP contribution in [-0.4, -0.2) is 17.1 Å². The highest BCUT2D eigenvalue weighted by atomic mass is 35.5. The van der Waals surface area contributed by atoms with Crippen LogP contribution in [0.2, 0.25) is 5.02 Å². The number of rotatable bonds is 5. The van der Waals surface area contributed by atoms with Crippen molar-refractivity contribution >= 4 is 45.7 Å². The van der Waals surface area contributed by atoms with Crippen molar-refractivity contribution in [2.45, 2.75) is 11.3 Å². The van der Waals surface area contributed by atoms with E-state index in [0.717, 1.165) is 16.2 Å². The Morgan fingerprint density at radius 2 is 2.04 bits per heavy atom. The van der Waals surface area contributed by atoms with Gasteiger partial charge in [-0.05, 0) is 30.0 Å². The quantitative estimate of drug-likeness (QED) is 0.611. The van der Waals surface area contributed by atoms with Crippen LogP contribution in [0, 0.1) is 0 Å². The van der Waals surface area contributed by atoms with Crippen LogP contribution >= 0.6 is 34.7 Å². The van der Waals surface area contributed by atoms with E-state index in [1.807, 2.05) is 30.5 Å². The van der Waals surface area contributed by atoms with Crippen LogP contribution in [0.1, 0.15) is 20.8 Å². The molecule has 2 aromatic carbocycles. The van der Waals surface area contributed by atoms with Gasteiger partial charge >= 0.3 is 0 Å². The van der Waals surface area contributed by atoms with Crippen LogP contribution in [0.15, 0.2) is 59.6 Å². The van der Waals surface area contributed by atoms with Gasteiger partial charge in [-0.1, -0.05) is 41.9 Å². The standard InChI is InChI=1S/C18H15ClN2OS2/c1-23-13-7-8-16(19)15(10-13)17(22)21-18-20-11-14(24-18)9-12-5-3-2-4-6-12/h2-8,10-11H,9H2,1H3,(H,20,21,22). The lowest BCUT2D eigenvalue weighted by Crippen LogP contribution is -2.12. The largest absolute Gasteiger partial charge is 0.298 e. The number of benzene rings is 2. The first-order valence-corrected chi connectivity index (χ1v) is 9.71. The van der Waals surface area contributed by atoms with E-state index in [1.165, 1.54) is 16.9 Å². The third-order valence-electron chi connectivity index (χ3n) is 3.41. The summed E-state index contributed by atoms with van der Waals surface area (Å²) in [6, 6.07) is 15.6. The monoisotopic (exact) mass is 374 g/mol. The molecular weight excluding hydrogens is 360 g/mol. The van der Waals surface area contributed by atoms with Crippen LogP contribution in [0.5, 0.6) is 0 Å². The molecule has 0 aliphatic heterocycles. The van der Waals surface area contributed by atoms with Crippen molar-refractivity contribution < 1.29 is 4.79 Å². The molecule has 0 saturated heterocycles. The van der Waals surface area contributed by atoms with Gasteiger partial charge in [-0.3, -0.25) is 10.1 Å². The number of nitrogens with zero attached hydrogens (tertiary/aromatic N) is 1. The second kappa shape index (κ2) is 7.83. The first-order chi connectivity index (χ1) is 11.7. The van der Waals surface area contributed by atoms with Crippen molar-refractivity contribution in [1.29, 1.82) is 0 Å². The molecule has 0 spiro atoms. The maximum atomic E-state index is 12.4. The summed E-state index contributed by atoms with van der Waals surface area (Å²) in [5, 5.41) is 3.85. The third-order valence-corrected chi connectivity index (χ3v) is 5.38. The molecule has 6 heteroatoms. The summed E-state index contributed by atoms with van der Waals surface area (Å²) in [6.45, 7) is 0. The zero-order chi connectivity index (χ0) is 16.9. The molecule has 1 heterocycles. The van der Waals surface area contributed by atoms with Gasteiger partial charge in [-0.15, -0.1) is 23.1 Å². The lowest BCUT2D eigenvalue weighted by molar-refractivity contribution is 0.102. The predicted molar refractivity (Wildman–Crippen MR) is 103 cm³/mol. The van der Waals surface area contributed by atoms with E-state index in [0.29, 0.717) is 15.7 Å². The van der Waals surface area contributed by atoms with Crippen LogP contribution in [0.3, 0.4) is 0 Å². The highest BCUT2D eigenvalue weighted by molar-refractivity contribution is 7.98. The van der Waals surface area contributed by atoms with Crippen LogP contribution in [-0.2, 0) is 6.42 Å². The Morgan fingerprint density at radius 1 is 1.25 bits per heavy atom. The molecule has 0 atom stereocenters. The van der Waals surface area contributed by atoms with Gasteiger partial charge in [0, 0.05) is 22.4 Å². The second-order valence-electron chi connectivity index (χ2n) is 5.09. The summed E-state index contributed by atoms with van der Waals surface area (Å²) < 4.78 is 0. The molecule has 0 unspecified atom stereocenters. The third kappa shape index (κ3) is 4.17. The fourth-order valence-electron chi connectivity index (χ4n) is 2.21. The molecule has 3 nitrogen and oxygen atoms in total. The van der Waals surface area contributed by atoms with Gasteiger partial charge in [0.25, 0.3) is 5.91 Å². The number of carbonyl (C=O) groups is 1. The Kier molecular flexibility index (Phi) is 5.56. The maximum absolute atomic E-state index is 12.4. The number of amides is 1. The van der Waals surface area contributed by atoms with Crippen molar-refractivity contribution in [3.63, 3.8) is 0 Å². The van der Waals surface area contributed by atoms with Gasteiger partial charge < -0.3 is 0 Å². The SMILES string of the molecule is CSc1ccc(Cl)c(C(=O)Nc2ncc(Cc3ccccc3)s2)c1. The average Bonchev–Trinajstić information content (AvgIpc) is 3.03. The fraction of sp³-hybridized carbons (Fsp3) is 0.111. The normalized spacial score (nSPS) is 10.6. The zero-order valence-electron chi connectivity index (χ0n) is 13.0. The first-order valence-electron chi connectivity index (χ1n) is 7.29. The Labute approximate surface area is 154 Å². The second-order valence-corrected chi connectivity index (χ2v) is 7.50. The Bertz CT molecular complexity index is 849. The fourth-order valence-corrected chi connectivity index (χ4v) is 3.70. The maximum Gasteiger partial charge on any atom is 0.258 e. The number of halogens is 1. The molecular formula is C18H15ClN2OS2. The molecule has 24 heavy (non-hydrogen) atoms. The topological polar surface area (TPSA) is 42.0 Å². The molecule has 122 valence electrons. The number of hydrogen-bond donors (Lipinski definition) is 1. The van der Waals surface area contributed by atoms with E-state index < -0.39 is 0 Å². The summed E-state index contributed by atoms with van der Waals surface area (Å²) in [7, 11) is 0. The van der Waals surface area contributed by atoms with Crippen molar-refractivity contribution in [2.24, 2.45) is 0 Å². The van der Waals surface area contributed by atoms with Crippen LogP contribution in [0.25, 0.3) is 0 Å². The molecule has 3 aromatic rings. The molecule has 3 rings (SSSR count). The van der Waals surface area contributed by atoms with Crippen molar-refractivity contribution in [2.75, 3.05) is 11.6 Å².